The Kier molecular flexibility index (Phi) is 4.24. The molecule has 1 fully saturated rings. The van der Waals surface area contributed by atoms with Gasteiger partial charge in [0, 0.05) is 29.1 Å². The zero-order valence-corrected chi connectivity index (χ0v) is 13.2. The Hall–Kier alpha value is -0.260. The van der Waals surface area contributed by atoms with Gasteiger partial charge in [-0.1, -0.05) is 22.0 Å². The van der Waals surface area contributed by atoms with Crippen molar-refractivity contribution in [2.24, 2.45) is 0 Å². The van der Waals surface area contributed by atoms with Gasteiger partial charge in [0.05, 0.1) is 11.5 Å². The van der Waals surface area contributed by atoms with E-state index in [0.717, 1.165) is 15.7 Å². The quantitative estimate of drug-likeness (QED) is 0.785. The van der Waals surface area contributed by atoms with Gasteiger partial charge < -0.3 is 4.90 Å². The van der Waals surface area contributed by atoms with Crippen molar-refractivity contribution in [3.8, 4) is 0 Å². The molecule has 1 aromatic carbocycles. The Morgan fingerprint density at radius 1 is 1.50 bits per heavy atom. The van der Waals surface area contributed by atoms with Crippen molar-refractivity contribution in [2.75, 3.05) is 23.5 Å². The van der Waals surface area contributed by atoms with Crippen LogP contribution in [0.3, 0.4) is 0 Å². The van der Waals surface area contributed by atoms with Crippen LogP contribution in [-0.2, 0) is 15.7 Å². The van der Waals surface area contributed by atoms with Gasteiger partial charge in [0.15, 0.2) is 9.84 Å². The number of nitrogens with zero attached hydrogens (tertiary/aromatic N) is 1. The van der Waals surface area contributed by atoms with Crippen molar-refractivity contribution in [3.63, 3.8) is 0 Å². The van der Waals surface area contributed by atoms with Crippen LogP contribution in [0.1, 0.15) is 12.0 Å². The first-order valence-corrected chi connectivity index (χ1v) is 8.85. The Labute approximate surface area is 121 Å². The lowest BCUT2D eigenvalue weighted by atomic mass is 10.1. The zero-order chi connectivity index (χ0) is 13.3. The molecule has 0 aliphatic carbocycles. The van der Waals surface area contributed by atoms with Crippen LogP contribution in [0, 0.1) is 0 Å². The minimum Gasteiger partial charge on any atom is -0.371 e. The molecule has 0 bridgehead atoms. The molecule has 0 spiro atoms. The van der Waals surface area contributed by atoms with Gasteiger partial charge in [0.1, 0.15) is 0 Å². The van der Waals surface area contributed by atoms with Gasteiger partial charge in [0.25, 0.3) is 0 Å². The van der Waals surface area contributed by atoms with Crippen LogP contribution in [0.4, 0.5) is 5.69 Å². The molecule has 0 saturated carbocycles. The van der Waals surface area contributed by atoms with E-state index in [9.17, 15) is 8.42 Å². The molecular weight excluding hydrogens is 338 g/mol. The number of sulfone groups is 1. The second-order valence-corrected chi connectivity index (χ2v) is 7.93. The summed E-state index contributed by atoms with van der Waals surface area (Å²) in [4.78, 5) is 2.04. The molecule has 1 heterocycles. The number of alkyl halides is 1. The van der Waals surface area contributed by atoms with Gasteiger partial charge in [-0.15, -0.1) is 11.6 Å². The highest BCUT2D eigenvalue weighted by atomic mass is 79.9. The molecule has 6 heteroatoms. The minimum atomic E-state index is -2.85. The van der Waals surface area contributed by atoms with Gasteiger partial charge in [-0.25, -0.2) is 8.42 Å². The summed E-state index contributed by atoms with van der Waals surface area (Å²) < 4.78 is 23.9. The molecule has 1 aliphatic heterocycles. The fraction of sp³-hybridized carbons (Fsp3) is 0.500. The largest absolute Gasteiger partial charge is 0.371 e. The van der Waals surface area contributed by atoms with Crippen LogP contribution in [0.15, 0.2) is 22.7 Å². The standard InChI is InChI=1S/C12H15BrClNO2S/c1-15(11-4-5-18(16,17)8-11)10-3-2-9(7-14)12(13)6-10/h2-3,6,11H,4-5,7-8H2,1H3. The molecular formula is C12H15BrClNO2S. The van der Waals surface area contributed by atoms with Gasteiger partial charge >= 0.3 is 0 Å². The summed E-state index contributed by atoms with van der Waals surface area (Å²) in [5, 5.41) is 0. The van der Waals surface area contributed by atoms with E-state index >= 15 is 0 Å². The fourth-order valence-electron chi connectivity index (χ4n) is 2.16. The highest BCUT2D eigenvalue weighted by Crippen LogP contribution is 2.28. The van der Waals surface area contributed by atoms with Gasteiger partial charge in [-0.3, -0.25) is 0 Å². The average Bonchev–Trinajstić information content (AvgIpc) is 2.68. The summed E-state index contributed by atoms with van der Waals surface area (Å²) in [6.45, 7) is 0. The molecule has 1 aromatic rings. The highest BCUT2D eigenvalue weighted by Gasteiger charge is 2.30. The molecule has 0 amide bonds. The SMILES string of the molecule is CN(c1ccc(CCl)c(Br)c1)C1CCS(=O)(=O)C1. The monoisotopic (exact) mass is 351 g/mol. The Balaban J connectivity index is 2.19. The van der Waals surface area contributed by atoms with Crippen LogP contribution in [0.5, 0.6) is 0 Å². The number of halogens is 2. The molecule has 0 aromatic heterocycles. The molecule has 18 heavy (non-hydrogen) atoms. The second-order valence-electron chi connectivity index (χ2n) is 4.58. The molecule has 3 nitrogen and oxygen atoms in total. The van der Waals surface area contributed by atoms with E-state index in [1.165, 1.54) is 0 Å². The smallest absolute Gasteiger partial charge is 0.152 e. The third-order valence-electron chi connectivity index (χ3n) is 3.34. The lowest BCUT2D eigenvalue weighted by molar-refractivity contribution is 0.601. The molecule has 1 unspecified atom stereocenters. The third-order valence-corrected chi connectivity index (χ3v) is 6.12. The maximum Gasteiger partial charge on any atom is 0.152 e. The molecule has 0 N–H and O–H groups in total. The van der Waals surface area contributed by atoms with Gasteiger partial charge in [-0.05, 0) is 24.1 Å². The predicted octanol–water partition coefficient (Wildman–Crippen LogP) is 2.81. The zero-order valence-electron chi connectivity index (χ0n) is 10.1. The topological polar surface area (TPSA) is 37.4 Å². The highest BCUT2D eigenvalue weighted by molar-refractivity contribution is 9.10. The first kappa shape index (κ1) is 14.2. The summed E-state index contributed by atoms with van der Waals surface area (Å²) >= 11 is 9.28. The van der Waals surface area contributed by atoms with Gasteiger partial charge in [0.2, 0.25) is 0 Å². The maximum atomic E-state index is 11.5. The van der Waals surface area contributed by atoms with Crippen LogP contribution >= 0.6 is 27.5 Å². The Morgan fingerprint density at radius 2 is 2.22 bits per heavy atom. The summed E-state index contributed by atoms with van der Waals surface area (Å²) in [6, 6.07) is 6.01. The van der Waals surface area contributed by atoms with E-state index in [1.54, 1.807) is 0 Å². The van der Waals surface area contributed by atoms with Crippen molar-refractivity contribution in [1.82, 2.24) is 0 Å². The van der Waals surface area contributed by atoms with E-state index < -0.39 is 9.84 Å². The van der Waals surface area contributed by atoms with Crippen LogP contribution in [0.25, 0.3) is 0 Å². The van der Waals surface area contributed by atoms with Crippen molar-refractivity contribution < 1.29 is 8.42 Å². The van der Waals surface area contributed by atoms with E-state index in [4.69, 9.17) is 11.6 Å². The van der Waals surface area contributed by atoms with Gasteiger partial charge in [-0.2, -0.15) is 0 Å². The minimum absolute atomic E-state index is 0.0729. The molecule has 1 atom stereocenters. The van der Waals surface area contributed by atoms with E-state index in [1.807, 2.05) is 30.1 Å². The van der Waals surface area contributed by atoms with Crippen LogP contribution in [-0.4, -0.2) is 33.0 Å². The van der Waals surface area contributed by atoms with Crippen LogP contribution in [0.2, 0.25) is 0 Å². The molecule has 1 aliphatic rings. The molecule has 100 valence electrons. The number of hydrogen-bond donors (Lipinski definition) is 0. The van der Waals surface area contributed by atoms with E-state index in [-0.39, 0.29) is 11.8 Å². The van der Waals surface area contributed by atoms with Crippen LogP contribution < -0.4 is 4.90 Å². The number of benzene rings is 1. The second kappa shape index (κ2) is 5.39. The molecule has 2 rings (SSSR count). The maximum absolute atomic E-state index is 11.5. The van der Waals surface area contributed by atoms with Crippen molar-refractivity contribution in [1.29, 1.82) is 0 Å². The number of rotatable bonds is 3. The Bertz CT molecular complexity index is 547. The summed E-state index contributed by atoms with van der Waals surface area (Å²) in [5.41, 5.74) is 2.05. The lowest BCUT2D eigenvalue weighted by Crippen LogP contribution is -2.32. The molecule has 0 radical (unpaired) electrons. The first-order chi connectivity index (χ1) is 8.43. The van der Waals surface area contributed by atoms with Crippen molar-refractivity contribution in [2.45, 2.75) is 18.3 Å². The number of anilines is 1. The summed E-state index contributed by atoms with van der Waals surface area (Å²) in [7, 11) is -0.908. The van der Waals surface area contributed by atoms with Crippen molar-refractivity contribution >= 4 is 43.1 Å². The first-order valence-electron chi connectivity index (χ1n) is 5.70. The number of hydrogen-bond acceptors (Lipinski definition) is 3. The Morgan fingerprint density at radius 3 is 2.72 bits per heavy atom. The summed E-state index contributed by atoms with van der Waals surface area (Å²) in [5.74, 6) is 1.00. The molecule has 1 saturated heterocycles. The van der Waals surface area contributed by atoms with E-state index in [0.29, 0.717) is 18.1 Å². The predicted molar refractivity (Wildman–Crippen MR) is 79.2 cm³/mol. The van der Waals surface area contributed by atoms with Crippen molar-refractivity contribution in [3.05, 3.63) is 28.2 Å². The fourth-order valence-corrected chi connectivity index (χ4v) is 4.83. The summed E-state index contributed by atoms with van der Waals surface area (Å²) in [6.07, 6.45) is 0.702. The normalized spacial score (nSPS) is 22.1. The average molecular weight is 353 g/mol. The van der Waals surface area contributed by atoms with E-state index in [2.05, 4.69) is 15.9 Å². The lowest BCUT2D eigenvalue weighted by Gasteiger charge is -2.26. The third kappa shape index (κ3) is 3.00.